The van der Waals surface area contributed by atoms with Crippen LogP contribution in [0.2, 0.25) is 0 Å². The van der Waals surface area contributed by atoms with Gasteiger partial charge in [0.25, 0.3) is 5.91 Å². The Hall–Kier alpha value is -4.11. The SMILES string of the molecule is COC(=O)c1cc(CNC(=O)c2ccc3nc(C)c(C)nc3c2)cc(NC(=O)Cc2ccsc2)c1. The van der Waals surface area contributed by atoms with Crippen LogP contribution < -0.4 is 10.6 Å². The van der Waals surface area contributed by atoms with Gasteiger partial charge in [-0.1, -0.05) is 0 Å². The van der Waals surface area contributed by atoms with Crippen molar-refractivity contribution < 1.29 is 19.1 Å². The van der Waals surface area contributed by atoms with Crippen LogP contribution in [0.3, 0.4) is 0 Å². The second-order valence-corrected chi connectivity index (χ2v) is 8.83. The summed E-state index contributed by atoms with van der Waals surface area (Å²) in [5, 5.41) is 9.49. The Labute approximate surface area is 206 Å². The number of hydrogen-bond donors (Lipinski definition) is 2. The number of methoxy groups -OCH3 is 1. The number of rotatable bonds is 7. The van der Waals surface area contributed by atoms with Gasteiger partial charge in [-0.15, -0.1) is 0 Å². The summed E-state index contributed by atoms with van der Waals surface area (Å²) in [4.78, 5) is 46.4. The van der Waals surface area contributed by atoms with Gasteiger partial charge in [0.05, 0.1) is 41.5 Å². The van der Waals surface area contributed by atoms with Crippen LogP contribution in [-0.4, -0.2) is 34.9 Å². The summed E-state index contributed by atoms with van der Waals surface area (Å²) >= 11 is 1.52. The third-order valence-corrected chi connectivity index (χ3v) is 6.17. The number of carbonyl (C=O) groups is 3. The maximum Gasteiger partial charge on any atom is 0.337 e. The van der Waals surface area contributed by atoms with Gasteiger partial charge in [0.15, 0.2) is 0 Å². The molecule has 0 aliphatic carbocycles. The van der Waals surface area contributed by atoms with Gasteiger partial charge in [-0.3, -0.25) is 9.59 Å². The fourth-order valence-corrected chi connectivity index (χ4v) is 4.21. The van der Waals surface area contributed by atoms with E-state index in [0.717, 1.165) is 22.5 Å². The van der Waals surface area contributed by atoms with Crippen molar-refractivity contribution in [1.29, 1.82) is 0 Å². The lowest BCUT2D eigenvalue weighted by Crippen LogP contribution is -2.23. The van der Waals surface area contributed by atoms with Gasteiger partial charge in [0.1, 0.15) is 0 Å². The molecule has 4 rings (SSSR count). The van der Waals surface area contributed by atoms with Gasteiger partial charge in [0, 0.05) is 17.8 Å². The Bertz CT molecular complexity index is 1420. The van der Waals surface area contributed by atoms with Crippen LogP contribution in [0.15, 0.2) is 53.2 Å². The van der Waals surface area contributed by atoms with Gasteiger partial charge < -0.3 is 15.4 Å². The Balaban J connectivity index is 1.50. The number of anilines is 1. The molecule has 0 bridgehead atoms. The molecule has 0 unspecified atom stereocenters. The fraction of sp³-hybridized carbons (Fsp3) is 0.192. The molecule has 0 radical (unpaired) electrons. The lowest BCUT2D eigenvalue weighted by atomic mass is 10.1. The van der Waals surface area contributed by atoms with Crippen LogP contribution in [0.1, 0.15) is 43.2 Å². The predicted octanol–water partition coefficient (Wildman–Crippen LogP) is 4.21. The Morgan fingerprint density at radius 1 is 0.914 bits per heavy atom. The van der Waals surface area contributed by atoms with Gasteiger partial charge in [-0.2, -0.15) is 11.3 Å². The van der Waals surface area contributed by atoms with Crippen LogP contribution >= 0.6 is 11.3 Å². The highest BCUT2D eigenvalue weighted by molar-refractivity contribution is 7.08. The van der Waals surface area contributed by atoms with Gasteiger partial charge >= 0.3 is 5.97 Å². The number of aromatic nitrogens is 2. The second kappa shape index (κ2) is 10.4. The Morgan fingerprint density at radius 2 is 1.69 bits per heavy atom. The lowest BCUT2D eigenvalue weighted by Gasteiger charge is -2.12. The van der Waals surface area contributed by atoms with E-state index in [1.807, 2.05) is 30.7 Å². The molecular formula is C26H24N4O4S. The maximum absolute atomic E-state index is 12.8. The smallest absolute Gasteiger partial charge is 0.337 e. The van der Waals surface area contributed by atoms with Crippen molar-refractivity contribution >= 4 is 45.8 Å². The zero-order valence-corrected chi connectivity index (χ0v) is 20.4. The number of thiophene rings is 1. The van der Waals surface area contributed by atoms with Crippen molar-refractivity contribution in [2.45, 2.75) is 26.8 Å². The summed E-state index contributed by atoms with van der Waals surface area (Å²) in [6, 6.07) is 11.9. The summed E-state index contributed by atoms with van der Waals surface area (Å²) < 4.78 is 4.84. The number of nitrogens with one attached hydrogen (secondary N) is 2. The molecule has 0 fully saturated rings. The fourth-order valence-electron chi connectivity index (χ4n) is 3.54. The van der Waals surface area contributed by atoms with Crippen molar-refractivity contribution in [1.82, 2.24) is 15.3 Å². The van der Waals surface area contributed by atoms with Gasteiger partial charge in [-0.25, -0.2) is 14.8 Å². The van der Waals surface area contributed by atoms with E-state index in [0.29, 0.717) is 22.3 Å². The predicted molar refractivity (Wildman–Crippen MR) is 135 cm³/mol. The average molecular weight is 489 g/mol. The first kappa shape index (κ1) is 24.0. The molecule has 0 saturated heterocycles. The highest BCUT2D eigenvalue weighted by atomic mass is 32.1. The van der Waals surface area contributed by atoms with E-state index in [4.69, 9.17) is 4.74 Å². The van der Waals surface area contributed by atoms with Crippen LogP contribution in [0.25, 0.3) is 11.0 Å². The largest absolute Gasteiger partial charge is 0.465 e. The minimum atomic E-state index is -0.537. The molecule has 0 saturated carbocycles. The number of aryl methyl sites for hydroxylation is 2. The number of carbonyl (C=O) groups excluding carboxylic acids is 3. The topological polar surface area (TPSA) is 110 Å². The van der Waals surface area contributed by atoms with E-state index in [9.17, 15) is 14.4 Å². The first-order valence-corrected chi connectivity index (χ1v) is 11.8. The molecule has 0 spiro atoms. The van der Waals surface area contributed by atoms with Crippen molar-refractivity contribution in [3.05, 3.63) is 86.9 Å². The minimum absolute atomic E-state index is 0.147. The third kappa shape index (κ3) is 5.88. The molecular weight excluding hydrogens is 464 g/mol. The summed E-state index contributed by atoms with van der Waals surface area (Å²) in [6.07, 6.45) is 0.224. The summed E-state index contributed by atoms with van der Waals surface area (Å²) in [5.74, 6) is -1.04. The molecule has 35 heavy (non-hydrogen) atoms. The number of fused-ring (bicyclic) bond motifs is 1. The third-order valence-electron chi connectivity index (χ3n) is 5.43. The number of amides is 2. The van der Waals surface area contributed by atoms with Crippen molar-refractivity contribution in [3.8, 4) is 0 Å². The monoisotopic (exact) mass is 488 g/mol. The number of benzene rings is 2. The average Bonchev–Trinajstić information content (AvgIpc) is 3.35. The van der Waals surface area contributed by atoms with Crippen LogP contribution in [0, 0.1) is 13.8 Å². The quantitative estimate of drug-likeness (QED) is 0.377. The van der Waals surface area contributed by atoms with Crippen LogP contribution in [0.4, 0.5) is 5.69 Å². The zero-order chi connectivity index (χ0) is 24.9. The number of nitrogens with zero attached hydrogens (tertiary/aromatic N) is 2. The lowest BCUT2D eigenvalue weighted by molar-refractivity contribution is -0.115. The molecule has 2 heterocycles. The molecule has 8 nitrogen and oxygen atoms in total. The van der Waals surface area contributed by atoms with Crippen LogP contribution in [-0.2, 0) is 22.5 Å². The molecule has 2 aromatic carbocycles. The Kier molecular flexibility index (Phi) is 7.17. The van der Waals surface area contributed by atoms with E-state index in [1.165, 1.54) is 18.4 Å². The Morgan fingerprint density at radius 3 is 2.40 bits per heavy atom. The van der Waals surface area contributed by atoms with Crippen molar-refractivity contribution in [2.24, 2.45) is 0 Å². The molecule has 4 aromatic rings. The molecule has 178 valence electrons. The summed E-state index contributed by atoms with van der Waals surface area (Å²) in [7, 11) is 1.29. The summed E-state index contributed by atoms with van der Waals surface area (Å²) in [6.45, 7) is 3.91. The van der Waals surface area contributed by atoms with E-state index in [2.05, 4.69) is 20.6 Å². The molecule has 0 aliphatic rings. The first-order valence-electron chi connectivity index (χ1n) is 10.9. The maximum atomic E-state index is 12.8. The number of hydrogen-bond acceptors (Lipinski definition) is 7. The van der Waals surface area contributed by atoms with Gasteiger partial charge in [0.2, 0.25) is 5.91 Å². The molecule has 9 heteroatoms. The number of esters is 1. The van der Waals surface area contributed by atoms with Crippen molar-refractivity contribution in [2.75, 3.05) is 12.4 Å². The summed E-state index contributed by atoms with van der Waals surface area (Å²) in [5.41, 5.74) is 5.74. The first-order chi connectivity index (χ1) is 16.8. The highest BCUT2D eigenvalue weighted by Crippen LogP contribution is 2.18. The molecule has 0 aliphatic heterocycles. The zero-order valence-electron chi connectivity index (χ0n) is 19.5. The van der Waals surface area contributed by atoms with E-state index in [1.54, 1.807) is 36.4 Å². The van der Waals surface area contributed by atoms with E-state index >= 15 is 0 Å². The van der Waals surface area contributed by atoms with Gasteiger partial charge in [-0.05, 0) is 78.2 Å². The highest BCUT2D eigenvalue weighted by Gasteiger charge is 2.13. The molecule has 2 amide bonds. The molecule has 2 aromatic heterocycles. The normalized spacial score (nSPS) is 10.7. The molecule has 2 N–H and O–H groups in total. The molecule has 0 atom stereocenters. The van der Waals surface area contributed by atoms with E-state index in [-0.39, 0.29) is 30.3 Å². The van der Waals surface area contributed by atoms with Crippen molar-refractivity contribution in [3.63, 3.8) is 0 Å². The van der Waals surface area contributed by atoms with E-state index < -0.39 is 5.97 Å². The van der Waals surface area contributed by atoms with Crippen LogP contribution in [0.5, 0.6) is 0 Å². The second-order valence-electron chi connectivity index (χ2n) is 8.05. The standard InChI is InChI=1S/C26H24N4O4S/c1-15-16(2)29-23-12-19(4-5-22(23)28-15)25(32)27-13-18-8-20(26(33)34-3)11-21(9-18)30-24(31)10-17-6-7-35-14-17/h4-9,11-12,14H,10,13H2,1-3H3,(H,27,32)(H,30,31). The number of ether oxygens (including phenoxy) is 1. The minimum Gasteiger partial charge on any atom is -0.465 e.